The Balaban J connectivity index is 1.78. The van der Waals surface area contributed by atoms with Gasteiger partial charge in [-0.3, -0.25) is 0 Å². The molecule has 0 bridgehead atoms. The van der Waals surface area contributed by atoms with E-state index in [0.29, 0.717) is 18.3 Å². The molecule has 2 heteroatoms. The maximum atomic E-state index is 10.8. The number of hydrogen-bond donors (Lipinski definition) is 2. The highest BCUT2D eigenvalue weighted by Gasteiger charge is 2.50. The largest absolute Gasteiger partial charge is 0.393 e. The minimum atomic E-state index is -3.02. The van der Waals surface area contributed by atoms with Crippen LogP contribution in [0.2, 0.25) is 0 Å². The van der Waals surface area contributed by atoms with E-state index in [0.717, 1.165) is 56.1 Å². The summed E-state index contributed by atoms with van der Waals surface area (Å²) in [7, 11) is 0. The molecule has 168 valence electrons. The quantitative estimate of drug-likeness (QED) is 0.484. The highest BCUT2D eigenvalue weighted by molar-refractivity contribution is 5.36. The fraction of sp³-hybridized carbons (Fsp3) is 0.714. The molecule has 0 radical (unpaired) electrons. The van der Waals surface area contributed by atoms with Gasteiger partial charge in [0.25, 0.3) is 0 Å². The maximum absolute atomic E-state index is 10.8. The van der Waals surface area contributed by atoms with Crippen molar-refractivity contribution in [3.8, 4) is 0 Å². The first kappa shape index (κ1) is 16.5. The first-order valence-electron chi connectivity index (χ1n) is 14.7. The van der Waals surface area contributed by atoms with Gasteiger partial charge < -0.3 is 10.2 Å². The van der Waals surface area contributed by atoms with Crippen molar-refractivity contribution in [3.63, 3.8) is 0 Å². The minimum Gasteiger partial charge on any atom is -0.393 e. The molecule has 0 heterocycles. The third-order valence-electron chi connectivity index (χ3n) is 8.22. The van der Waals surface area contributed by atoms with E-state index in [4.69, 9.17) is 8.22 Å². The van der Waals surface area contributed by atoms with Crippen molar-refractivity contribution in [2.75, 3.05) is 0 Å². The number of fused-ring (bicyclic) bond motifs is 1. The normalized spacial score (nSPS) is 41.5. The number of aliphatic hydroxyl groups excluding tert-OH is 1. The van der Waals surface area contributed by atoms with Crippen LogP contribution >= 0.6 is 0 Å². The molecule has 0 aromatic rings. The van der Waals surface area contributed by atoms with Gasteiger partial charge in [0.05, 0.1) is 11.7 Å². The SMILES string of the molecule is [2H]C([2H])([2H])C(O)([C@@H](C)/C=C/[C@@H](C)C1CCC2/C(=C/C=C3/C[C@@H](O)CCC3=C)CCC[C@@]21C)C([2H])([2H])[2H]. The molecular weight excluding hydrogens is 368 g/mol. The predicted molar refractivity (Wildman–Crippen MR) is 127 cm³/mol. The van der Waals surface area contributed by atoms with Gasteiger partial charge in [-0.15, -0.1) is 0 Å². The number of rotatable bonds is 5. The number of hydrogen-bond acceptors (Lipinski definition) is 2. The Bertz CT molecular complexity index is 898. The Labute approximate surface area is 193 Å². The smallest absolute Gasteiger partial charge is 0.0651 e. The zero-order valence-corrected chi connectivity index (χ0v) is 19.0. The molecule has 2 N–H and O–H groups in total. The van der Waals surface area contributed by atoms with E-state index in [2.05, 4.69) is 32.6 Å². The second-order valence-electron chi connectivity index (χ2n) is 10.3. The molecule has 0 saturated heterocycles. The molecule has 3 aliphatic carbocycles. The van der Waals surface area contributed by atoms with Crippen molar-refractivity contribution in [1.82, 2.24) is 0 Å². The van der Waals surface area contributed by atoms with E-state index < -0.39 is 25.2 Å². The summed E-state index contributed by atoms with van der Waals surface area (Å²) in [6, 6.07) is 0. The van der Waals surface area contributed by atoms with Crippen LogP contribution in [-0.4, -0.2) is 21.9 Å². The second-order valence-corrected chi connectivity index (χ2v) is 10.3. The van der Waals surface area contributed by atoms with Gasteiger partial charge in [-0.05, 0) is 93.8 Å². The van der Waals surface area contributed by atoms with Gasteiger partial charge in [0.15, 0.2) is 0 Å². The first-order valence-corrected chi connectivity index (χ1v) is 11.7. The summed E-state index contributed by atoms with van der Waals surface area (Å²) in [5.74, 6) is -0.0459. The van der Waals surface area contributed by atoms with Gasteiger partial charge in [-0.25, -0.2) is 0 Å². The molecule has 0 aromatic carbocycles. The van der Waals surface area contributed by atoms with Crippen LogP contribution < -0.4 is 0 Å². The molecule has 0 spiro atoms. The van der Waals surface area contributed by atoms with Gasteiger partial charge in [0.1, 0.15) is 0 Å². The van der Waals surface area contributed by atoms with Crippen LogP contribution in [0.1, 0.15) is 94.1 Å². The van der Waals surface area contributed by atoms with Crippen LogP contribution in [0.3, 0.4) is 0 Å². The molecule has 3 fully saturated rings. The van der Waals surface area contributed by atoms with E-state index >= 15 is 0 Å². The van der Waals surface area contributed by atoms with Gasteiger partial charge in [-0.2, -0.15) is 0 Å². The van der Waals surface area contributed by atoms with Crippen LogP contribution in [0.15, 0.2) is 47.6 Å². The summed E-state index contributed by atoms with van der Waals surface area (Å²) in [5.41, 5.74) is 1.08. The van der Waals surface area contributed by atoms with Crippen molar-refractivity contribution in [3.05, 3.63) is 47.6 Å². The Morgan fingerprint density at radius 2 is 1.93 bits per heavy atom. The average Bonchev–Trinajstić information content (AvgIpc) is 3.13. The van der Waals surface area contributed by atoms with Gasteiger partial charge in [0.2, 0.25) is 0 Å². The third kappa shape index (κ3) is 5.02. The first-order chi connectivity index (χ1) is 16.5. The maximum Gasteiger partial charge on any atom is 0.0651 e. The molecule has 0 amide bonds. The molecule has 3 saturated carbocycles. The lowest BCUT2D eigenvalue weighted by Gasteiger charge is -2.44. The topological polar surface area (TPSA) is 40.5 Å². The highest BCUT2D eigenvalue weighted by atomic mass is 16.3. The van der Waals surface area contributed by atoms with E-state index in [-0.39, 0.29) is 17.4 Å². The Kier molecular flexibility index (Phi) is 5.04. The molecule has 0 aromatic heterocycles. The molecular formula is C28H44O2. The van der Waals surface area contributed by atoms with E-state index in [9.17, 15) is 10.2 Å². The van der Waals surface area contributed by atoms with Crippen molar-refractivity contribution >= 4 is 0 Å². The summed E-state index contributed by atoms with van der Waals surface area (Å²) >= 11 is 0. The van der Waals surface area contributed by atoms with Gasteiger partial charge in [0, 0.05) is 14.1 Å². The van der Waals surface area contributed by atoms with Crippen LogP contribution in [0.5, 0.6) is 0 Å². The molecule has 3 aliphatic rings. The fourth-order valence-corrected chi connectivity index (χ4v) is 6.15. The summed E-state index contributed by atoms with van der Waals surface area (Å²) in [4.78, 5) is 0. The minimum absolute atomic E-state index is 0.114. The van der Waals surface area contributed by atoms with Crippen LogP contribution in [0.4, 0.5) is 0 Å². The van der Waals surface area contributed by atoms with E-state index in [1.165, 1.54) is 12.5 Å². The second kappa shape index (κ2) is 9.17. The fourth-order valence-electron chi connectivity index (χ4n) is 6.15. The van der Waals surface area contributed by atoms with Gasteiger partial charge >= 0.3 is 0 Å². The zero-order chi connectivity index (χ0) is 27.1. The lowest BCUT2D eigenvalue weighted by Crippen LogP contribution is -2.35. The summed E-state index contributed by atoms with van der Waals surface area (Å²) < 4.78 is 46.2. The summed E-state index contributed by atoms with van der Waals surface area (Å²) in [5, 5.41) is 20.9. The summed E-state index contributed by atoms with van der Waals surface area (Å²) in [6.07, 6.45) is 15.5. The van der Waals surface area contributed by atoms with Crippen molar-refractivity contribution in [2.24, 2.45) is 29.1 Å². The lowest BCUT2D eigenvalue weighted by molar-refractivity contribution is 0.0436. The molecule has 6 atom stereocenters. The van der Waals surface area contributed by atoms with Crippen LogP contribution in [-0.2, 0) is 0 Å². The highest BCUT2D eigenvalue weighted by Crippen LogP contribution is 2.59. The Morgan fingerprint density at radius 3 is 2.67 bits per heavy atom. The standard InChI is InChI=1S/C28H44O2/c1-19-10-14-24(29)18-23(19)13-12-22-8-7-17-28(6)25(15-16-26(22)28)20(2)9-11-21(3)27(4,5)30/h9,11-13,20-21,24-26,29-30H,1,7-8,10,14-18H2,2-6H3/b11-9+,22-12+,23-13-/t20-,21+,24+,25?,26?,28-/m1/s1/i4D3,5D3. The van der Waals surface area contributed by atoms with Crippen molar-refractivity contribution in [2.45, 2.75) is 97.5 Å². The number of aliphatic hydroxyl groups is 2. The molecule has 3 rings (SSSR count). The molecule has 2 nitrogen and oxygen atoms in total. The molecule has 2 unspecified atom stereocenters. The van der Waals surface area contributed by atoms with Crippen molar-refractivity contribution in [1.29, 1.82) is 0 Å². The average molecular weight is 419 g/mol. The molecule has 0 aliphatic heterocycles. The number of allylic oxidation sites excluding steroid dienone is 5. The monoisotopic (exact) mass is 418 g/mol. The van der Waals surface area contributed by atoms with Crippen LogP contribution in [0, 0.1) is 29.1 Å². The zero-order valence-electron chi connectivity index (χ0n) is 25.0. The van der Waals surface area contributed by atoms with E-state index in [1.54, 1.807) is 6.08 Å². The summed E-state index contributed by atoms with van der Waals surface area (Å²) in [6.45, 7) is 4.12. The van der Waals surface area contributed by atoms with Crippen LogP contribution in [0.25, 0.3) is 0 Å². The Morgan fingerprint density at radius 1 is 1.17 bits per heavy atom. The van der Waals surface area contributed by atoms with Crippen molar-refractivity contribution < 1.29 is 18.4 Å². The van der Waals surface area contributed by atoms with Gasteiger partial charge in [-0.1, -0.05) is 62.8 Å². The predicted octanol–water partition coefficient (Wildman–Crippen LogP) is 6.76. The molecule has 30 heavy (non-hydrogen) atoms. The lowest BCUT2D eigenvalue weighted by atomic mass is 9.61. The Hall–Kier alpha value is -1.12. The third-order valence-corrected chi connectivity index (χ3v) is 8.22. The van der Waals surface area contributed by atoms with E-state index in [1.807, 2.05) is 6.08 Å².